The lowest BCUT2D eigenvalue weighted by Gasteiger charge is -2.19. The van der Waals surface area contributed by atoms with E-state index in [9.17, 15) is 4.79 Å². The van der Waals surface area contributed by atoms with Crippen LogP contribution in [0.3, 0.4) is 0 Å². The highest BCUT2D eigenvalue weighted by atomic mass is 32.2. The molecular formula is C17H19NOS2. The average Bonchev–Trinajstić information content (AvgIpc) is 2.81. The van der Waals surface area contributed by atoms with Crippen LogP contribution in [0.2, 0.25) is 0 Å². The first-order valence-electron chi connectivity index (χ1n) is 7.25. The Bertz CT molecular complexity index is 608. The summed E-state index contributed by atoms with van der Waals surface area (Å²) in [5.74, 6) is 1.21. The fourth-order valence-corrected chi connectivity index (χ4v) is 4.70. The monoisotopic (exact) mass is 317 g/mol. The van der Waals surface area contributed by atoms with E-state index >= 15 is 0 Å². The topological polar surface area (TPSA) is 20.3 Å². The lowest BCUT2D eigenvalue weighted by molar-refractivity contribution is 0.0771. The van der Waals surface area contributed by atoms with Crippen LogP contribution >= 0.6 is 23.1 Å². The lowest BCUT2D eigenvalue weighted by atomic mass is 10.1. The van der Waals surface area contributed by atoms with Crippen molar-refractivity contribution in [1.29, 1.82) is 0 Å². The van der Waals surface area contributed by atoms with Crippen LogP contribution in [-0.4, -0.2) is 29.6 Å². The van der Waals surface area contributed by atoms with Gasteiger partial charge in [0.2, 0.25) is 0 Å². The molecule has 1 amide bonds. The van der Waals surface area contributed by atoms with Gasteiger partial charge in [-0.15, -0.1) is 11.3 Å². The SMILES string of the molecule is Cc1csc(C(=O)N2CCSC(c3ccccc3)CC2)c1. The Balaban J connectivity index is 1.67. The fraction of sp³-hybridized carbons (Fsp3) is 0.353. The van der Waals surface area contributed by atoms with Gasteiger partial charge in [-0.3, -0.25) is 4.79 Å². The predicted molar refractivity (Wildman–Crippen MR) is 91.2 cm³/mol. The van der Waals surface area contributed by atoms with Gasteiger partial charge in [0.1, 0.15) is 0 Å². The maximum atomic E-state index is 12.5. The number of hydrogen-bond acceptors (Lipinski definition) is 3. The first-order chi connectivity index (χ1) is 10.2. The smallest absolute Gasteiger partial charge is 0.263 e. The second-order valence-electron chi connectivity index (χ2n) is 5.34. The van der Waals surface area contributed by atoms with Crippen molar-refractivity contribution < 1.29 is 4.79 Å². The van der Waals surface area contributed by atoms with Crippen LogP contribution in [0.15, 0.2) is 41.8 Å². The summed E-state index contributed by atoms with van der Waals surface area (Å²) in [6.45, 7) is 3.74. The molecule has 0 radical (unpaired) electrons. The molecule has 0 spiro atoms. The van der Waals surface area contributed by atoms with E-state index in [4.69, 9.17) is 0 Å². The standard InChI is InChI=1S/C17H19NOS2/c1-13-11-16(21-12-13)17(19)18-8-7-15(20-10-9-18)14-5-3-2-4-6-14/h2-6,11-12,15H,7-10H2,1H3. The van der Waals surface area contributed by atoms with Crippen molar-refractivity contribution in [1.82, 2.24) is 4.90 Å². The van der Waals surface area contributed by atoms with Crippen LogP contribution in [0, 0.1) is 6.92 Å². The van der Waals surface area contributed by atoms with E-state index in [1.165, 1.54) is 11.1 Å². The van der Waals surface area contributed by atoms with Gasteiger partial charge in [0, 0.05) is 24.1 Å². The van der Waals surface area contributed by atoms with Gasteiger partial charge in [-0.05, 0) is 35.9 Å². The maximum Gasteiger partial charge on any atom is 0.263 e. The molecule has 1 aliphatic heterocycles. The van der Waals surface area contributed by atoms with Crippen molar-refractivity contribution in [2.24, 2.45) is 0 Å². The zero-order valence-corrected chi connectivity index (χ0v) is 13.8. The Morgan fingerprint density at radius 2 is 2.05 bits per heavy atom. The van der Waals surface area contributed by atoms with Crippen LogP contribution in [0.25, 0.3) is 0 Å². The number of rotatable bonds is 2. The van der Waals surface area contributed by atoms with E-state index in [1.807, 2.05) is 35.0 Å². The summed E-state index contributed by atoms with van der Waals surface area (Å²) in [7, 11) is 0. The van der Waals surface area contributed by atoms with E-state index in [1.54, 1.807) is 11.3 Å². The molecule has 1 aliphatic rings. The second-order valence-corrected chi connectivity index (χ2v) is 7.56. The summed E-state index contributed by atoms with van der Waals surface area (Å²) >= 11 is 3.53. The molecule has 2 heterocycles. The van der Waals surface area contributed by atoms with Gasteiger partial charge in [0.05, 0.1) is 4.88 Å². The van der Waals surface area contributed by atoms with Crippen molar-refractivity contribution in [3.05, 3.63) is 57.8 Å². The first kappa shape index (κ1) is 14.7. The molecule has 2 nitrogen and oxygen atoms in total. The molecule has 1 saturated heterocycles. The largest absolute Gasteiger partial charge is 0.337 e. The molecule has 0 saturated carbocycles. The number of hydrogen-bond donors (Lipinski definition) is 0. The normalized spacial score (nSPS) is 19.3. The average molecular weight is 317 g/mol. The molecule has 0 aliphatic carbocycles. The zero-order valence-electron chi connectivity index (χ0n) is 12.1. The summed E-state index contributed by atoms with van der Waals surface area (Å²) in [5.41, 5.74) is 2.55. The molecule has 1 unspecified atom stereocenters. The van der Waals surface area contributed by atoms with Crippen molar-refractivity contribution in [2.45, 2.75) is 18.6 Å². The van der Waals surface area contributed by atoms with Crippen molar-refractivity contribution in [3.63, 3.8) is 0 Å². The number of aryl methyl sites for hydroxylation is 1. The summed E-state index contributed by atoms with van der Waals surface area (Å²) in [6, 6.07) is 12.6. The molecule has 4 heteroatoms. The number of thioether (sulfide) groups is 1. The van der Waals surface area contributed by atoms with Crippen LogP contribution in [0.4, 0.5) is 0 Å². The molecule has 1 fully saturated rings. The Labute approximate surface area is 134 Å². The highest BCUT2D eigenvalue weighted by Crippen LogP contribution is 2.34. The van der Waals surface area contributed by atoms with Gasteiger partial charge in [0.25, 0.3) is 5.91 Å². The van der Waals surface area contributed by atoms with Crippen LogP contribution in [0.1, 0.15) is 32.5 Å². The minimum Gasteiger partial charge on any atom is -0.337 e. The number of nitrogens with zero attached hydrogens (tertiary/aromatic N) is 1. The number of benzene rings is 1. The van der Waals surface area contributed by atoms with E-state index in [-0.39, 0.29) is 5.91 Å². The molecule has 3 rings (SSSR count). The van der Waals surface area contributed by atoms with Gasteiger partial charge in [-0.25, -0.2) is 0 Å². The van der Waals surface area contributed by atoms with Gasteiger partial charge in [-0.1, -0.05) is 30.3 Å². The quantitative estimate of drug-likeness (QED) is 0.819. The second kappa shape index (κ2) is 6.67. The summed E-state index contributed by atoms with van der Waals surface area (Å²) in [4.78, 5) is 15.4. The summed E-state index contributed by atoms with van der Waals surface area (Å²) in [5, 5.41) is 2.56. The Hall–Kier alpha value is -1.26. The summed E-state index contributed by atoms with van der Waals surface area (Å²) in [6.07, 6.45) is 1.03. The van der Waals surface area contributed by atoms with E-state index in [0.29, 0.717) is 5.25 Å². The van der Waals surface area contributed by atoms with E-state index in [2.05, 4.69) is 30.3 Å². The maximum absolute atomic E-state index is 12.5. The third kappa shape index (κ3) is 3.50. The third-order valence-corrected chi connectivity index (χ3v) is 6.11. The summed E-state index contributed by atoms with van der Waals surface area (Å²) < 4.78 is 0. The fourth-order valence-electron chi connectivity index (χ4n) is 2.61. The van der Waals surface area contributed by atoms with Crippen molar-refractivity contribution in [3.8, 4) is 0 Å². The minimum absolute atomic E-state index is 0.197. The lowest BCUT2D eigenvalue weighted by Crippen LogP contribution is -2.32. The van der Waals surface area contributed by atoms with E-state index < -0.39 is 0 Å². The third-order valence-electron chi connectivity index (χ3n) is 3.74. The van der Waals surface area contributed by atoms with Crippen molar-refractivity contribution >= 4 is 29.0 Å². The Kier molecular flexibility index (Phi) is 4.66. The van der Waals surface area contributed by atoms with E-state index in [0.717, 1.165) is 30.1 Å². The van der Waals surface area contributed by atoms with Gasteiger partial charge < -0.3 is 4.90 Å². The van der Waals surface area contributed by atoms with Gasteiger partial charge in [-0.2, -0.15) is 11.8 Å². The highest BCUT2D eigenvalue weighted by molar-refractivity contribution is 7.99. The van der Waals surface area contributed by atoms with Crippen LogP contribution < -0.4 is 0 Å². The Morgan fingerprint density at radius 3 is 2.76 bits per heavy atom. The Morgan fingerprint density at radius 1 is 1.24 bits per heavy atom. The predicted octanol–water partition coefficient (Wildman–Crippen LogP) is 4.38. The number of carbonyl (C=O) groups excluding carboxylic acids is 1. The molecule has 1 aromatic carbocycles. The number of carbonyl (C=O) groups is 1. The molecule has 2 aromatic rings. The molecular weight excluding hydrogens is 298 g/mol. The molecule has 1 aromatic heterocycles. The number of amides is 1. The van der Waals surface area contributed by atoms with Crippen molar-refractivity contribution in [2.75, 3.05) is 18.8 Å². The molecule has 110 valence electrons. The first-order valence-corrected chi connectivity index (χ1v) is 9.18. The van der Waals surface area contributed by atoms with Gasteiger partial charge in [0.15, 0.2) is 0 Å². The molecule has 21 heavy (non-hydrogen) atoms. The number of thiophene rings is 1. The van der Waals surface area contributed by atoms with Gasteiger partial charge >= 0.3 is 0 Å². The molecule has 0 bridgehead atoms. The molecule has 1 atom stereocenters. The van der Waals surface area contributed by atoms with Crippen LogP contribution in [-0.2, 0) is 0 Å². The highest BCUT2D eigenvalue weighted by Gasteiger charge is 2.23. The van der Waals surface area contributed by atoms with Crippen LogP contribution in [0.5, 0.6) is 0 Å². The molecule has 0 N–H and O–H groups in total. The zero-order chi connectivity index (χ0) is 14.7. The minimum atomic E-state index is 0.197.